The predicted molar refractivity (Wildman–Crippen MR) is 126 cm³/mol. The van der Waals surface area contributed by atoms with Crippen LogP contribution in [-0.4, -0.2) is 46.9 Å². The van der Waals surface area contributed by atoms with Gasteiger partial charge in [-0.05, 0) is 23.3 Å². The molecule has 0 saturated carbocycles. The van der Waals surface area contributed by atoms with Crippen molar-refractivity contribution >= 4 is 40.3 Å². The fraction of sp³-hybridized carbons (Fsp3) is 0.208. The van der Waals surface area contributed by atoms with Gasteiger partial charge in [0.2, 0.25) is 5.91 Å². The average molecular weight is 533 g/mol. The normalized spacial score (nSPS) is 16.3. The number of thiazole rings is 1. The van der Waals surface area contributed by atoms with E-state index in [9.17, 15) is 32.3 Å². The number of alkyl halides is 3. The number of rotatable bonds is 7. The third-order valence-corrected chi connectivity index (χ3v) is 6.32. The van der Waals surface area contributed by atoms with Gasteiger partial charge < -0.3 is 15.4 Å². The van der Waals surface area contributed by atoms with Gasteiger partial charge in [0.05, 0.1) is 12.7 Å². The van der Waals surface area contributed by atoms with Crippen LogP contribution >= 0.6 is 11.3 Å². The number of carbonyl (C=O) groups is 4. The van der Waals surface area contributed by atoms with Crippen molar-refractivity contribution in [2.24, 2.45) is 0 Å². The fourth-order valence-electron chi connectivity index (χ4n) is 3.74. The summed E-state index contributed by atoms with van der Waals surface area (Å²) in [6, 6.07) is 9.00. The molecule has 2 N–H and O–H groups in total. The third kappa shape index (κ3) is 5.61. The first kappa shape index (κ1) is 25.8. The van der Waals surface area contributed by atoms with E-state index in [2.05, 4.69) is 20.4 Å². The Labute approximate surface area is 212 Å². The van der Waals surface area contributed by atoms with E-state index in [1.54, 1.807) is 30.3 Å². The molecule has 2 aromatic carbocycles. The number of imide groups is 1. The second-order valence-electron chi connectivity index (χ2n) is 7.93. The lowest BCUT2D eigenvalue weighted by Gasteiger charge is -2.24. The summed E-state index contributed by atoms with van der Waals surface area (Å²) in [5.41, 5.74) is -0.147. The molecule has 1 aromatic heterocycles. The topological polar surface area (TPSA) is 118 Å². The number of anilines is 1. The summed E-state index contributed by atoms with van der Waals surface area (Å²) in [6.45, 7) is 0. The quantitative estimate of drug-likeness (QED) is 0.353. The van der Waals surface area contributed by atoms with Gasteiger partial charge in [0.25, 0.3) is 5.91 Å². The van der Waals surface area contributed by atoms with Crippen LogP contribution in [0.3, 0.4) is 0 Å². The molecule has 0 aliphatic carbocycles. The Kier molecular flexibility index (Phi) is 7.25. The Balaban J connectivity index is 1.60. The molecule has 0 spiro atoms. The molecule has 37 heavy (non-hydrogen) atoms. The van der Waals surface area contributed by atoms with Gasteiger partial charge in [0.15, 0.2) is 10.8 Å². The number of hydrogen-bond acceptors (Lipinski definition) is 7. The standard InChI is InChI=1S/C24H19F3N4O5S/c1-36-21(34)16-12-37-22(28-16)30-19(32)17(11-13-5-3-2-4-6-13)31-20(33)18(29-23(31)35)14-7-9-15(10-8-14)24(25,26)27/h2-10,12,17-18H,11H2,1H3,(H,29,35)(H,28,30,32). The lowest BCUT2D eigenvalue weighted by molar-refractivity contribution is -0.137. The minimum atomic E-state index is -4.56. The molecule has 4 amide bonds. The van der Waals surface area contributed by atoms with E-state index in [1.807, 2.05) is 0 Å². The zero-order chi connectivity index (χ0) is 26.7. The summed E-state index contributed by atoms with van der Waals surface area (Å²) in [6.07, 6.45) is -4.60. The van der Waals surface area contributed by atoms with Crippen LogP contribution in [0, 0.1) is 0 Å². The second-order valence-corrected chi connectivity index (χ2v) is 8.79. The fourth-order valence-corrected chi connectivity index (χ4v) is 4.42. The summed E-state index contributed by atoms with van der Waals surface area (Å²) >= 11 is 0.950. The molecule has 4 rings (SSSR count). The van der Waals surface area contributed by atoms with Crippen molar-refractivity contribution < 1.29 is 37.1 Å². The Morgan fingerprint density at radius 3 is 2.43 bits per heavy atom. The maximum atomic E-state index is 13.3. The number of nitrogens with one attached hydrogen (secondary N) is 2. The van der Waals surface area contributed by atoms with Gasteiger partial charge in [-0.15, -0.1) is 11.3 Å². The molecule has 2 heterocycles. The lowest BCUT2D eigenvalue weighted by atomic mass is 10.0. The molecule has 3 aromatic rings. The highest BCUT2D eigenvalue weighted by atomic mass is 32.1. The van der Waals surface area contributed by atoms with Gasteiger partial charge in [-0.1, -0.05) is 42.5 Å². The monoisotopic (exact) mass is 532 g/mol. The molecule has 2 atom stereocenters. The maximum Gasteiger partial charge on any atom is 0.416 e. The minimum Gasteiger partial charge on any atom is -0.464 e. The van der Waals surface area contributed by atoms with Gasteiger partial charge >= 0.3 is 18.2 Å². The van der Waals surface area contributed by atoms with Gasteiger partial charge in [0, 0.05) is 11.8 Å². The molecule has 13 heteroatoms. The molecule has 9 nitrogen and oxygen atoms in total. The Bertz CT molecular complexity index is 1330. The van der Waals surface area contributed by atoms with Crippen LogP contribution in [0.4, 0.5) is 23.1 Å². The molecular weight excluding hydrogens is 513 g/mol. The number of carbonyl (C=O) groups excluding carboxylic acids is 4. The number of aromatic nitrogens is 1. The number of esters is 1. The highest BCUT2D eigenvalue weighted by Crippen LogP contribution is 2.32. The van der Waals surface area contributed by atoms with Crippen molar-refractivity contribution in [3.63, 3.8) is 0 Å². The first-order valence-corrected chi connectivity index (χ1v) is 11.7. The molecular formula is C24H19F3N4O5S. The summed E-state index contributed by atoms with van der Waals surface area (Å²) in [7, 11) is 1.18. The molecule has 1 saturated heterocycles. The molecule has 1 aliphatic heterocycles. The van der Waals surface area contributed by atoms with Crippen LogP contribution in [0.5, 0.6) is 0 Å². The Hall–Kier alpha value is -4.26. The van der Waals surface area contributed by atoms with Crippen LogP contribution in [-0.2, 0) is 26.9 Å². The van der Waals surface area contributed by atoms with Crippen molar-refractivity contribution in [1.29, 1.82) is 0 Å². The van der Waals surface area contributed by atoms with E-state index < -0.39 is 47.6 Å². The van der Waals surface area contributed by atoms with Crippen LogP contribution < -0.4 is 10.6 Å². The van der Waals surface area contributed by atoms with Gasteiger partial charge in [0.1, 0.15) is 12.1 Å². The Morgan fingerprint density at radius 2 is 1.81 bits per heavy atom. The van der Waals surface area contributed by atoms with Gasteiger partial charge in [-0.25, -0.2) is 19.5 Å². The number of urea groups is 1. The number of benzene rings is 2. The first-order chi connectivity index (χ1) is 17.6. The summed E-state index contributed by atoms with van der Waals surface area (Å²) in [5.74, 6) is -2.24. The van der Waals surface area contributed by atoms with Gasteiger partial charge in [-0.2, -0.15) is 13.2 Å². The maximum absolute atomic E-state index is 13.3. The van der Waals surface area contributed by atoms with E-state index >= 15 is 0 Å². The van der Waals surface area contributed by atoms with Gasteiger partial charge in [-0.3, -0.25) is 9.59 Å². The van der Waals surface area contributed by atoms with E-state index in [0.29, 0.717) is 5.56 Å². The minimum absolute atomic E-state index is 0.0280. The molecule has 1 fully saturated rings. The zero-order valence-electron chi connectivity index (χ0n) is 19.1. The number of ether oxygens (including phenoxy) is 1. The van der Waals surface area contributed by atoms with E-state index in [0.717, 1.165) is 40.5 Å². The summed E-state index contributed by atoms with van der Waals surface area (Å²) in [5, 5.41) is 6.39. The largest absolute Gasteiger partial charge is 0.464 e. The average Bonchev–Trinajstić information content (AvgIpc) is 3.46. The van der Waals surface area contributed by atoms with Crippen molar-refractivity contribution in [2.75, 3.05) is 12.4 Å². The van der Waals surface area contributed by atoms with E-state index in [-0.39, 0.29) is 22.8 Å². The smallest absolute Gasteiger partial charge is 0.416 e. The zero-order valence-corrected chi connectivity index (χ0v) is 19.9. The third-order valence-electron chi connectivity index (χ3n) is 5.56. The predicted octanol–water partition coefficient (Wildman–Crippen LogP) is 3.79. The second kappa shape index (κ2) is 10.4. The Morgan fingerprint density at radius 1 is 1.14 bits per heavy atom. The molecule has 0 bridgehead atoms. The summed E-state index contributed by atoms with van der Waals surface area (Å²) in [4.78, 5) is 55.8. The highest BCUT2D eigenvalue weighted by Gasteiger charge is 2.45. The molecule has 1 aliphatic rings. The highest BCUT2D eigenvalue weighted by molar-refractivity contribution is 7.14. The van der Waals surface area contributed by atoms with Crippen LogP contribution in [0.15, 0.2) is 60.0 Å². The van der Waals surface area contributed by atoms with Crippen molar-refractivity contribution in [3.05, 3.63) is 82.4 Å². The van der Waals surface area contributed by atoms with Crippen LogP contribution in [0.25, 0.3) is 0 Å². The molecule has 0 radical (unpaired) electrons. The lowest BCUT2D eigenvalue weighted by Crippen LogP contribution is -2.49. The number of nitrogens with zero attached hydrogens (tertiary/aromatic N) is 2. The molecule has 2 unspecified atom stereocenters. The van der Waals surface area contributed by atoms with Crippen LogP contribution in [0.2, 0.25) is 0 Å². The van der Waals surface area contributed by atoms with E-state index in [1.165, 1.54) is 12.5 Å². The van der Waals surface area contributed by atoms with E-state index in [4.69, 9.17) is 0 Å². The first-order valence-electron chi connectivity index (χ1n) is 10.8. The number of halogens is 3. The van der Waals surface area contributed by atoms with Crippen molar-refractivity contribution in [2.45, 2.75) is 24.7 Å². The number of methoxy groups -OCH3 is 1. The molecule has 192 valence electrons. The van der Waals surface area contributed by atoms with Crippen molar-refractivity contribution in [3.8, 4) is 0 Å². The summed E-state index contributed by atoms with van der Waals surface area (Å²) < 4.78 is 43.4. The SMILES string of the molecule is COC(=O)c1csc(NC(=O)C(Cc2ccccc2)N2C(=O)NC(c3ccc(C(F)(F)F)cc3)C2=O)n1. The number of amides is 4. The van der Waals surface area contributed by atoms with Crippen LogP contribution in [0.1, 0.15) is 33.2 Å². The van der Waals surface area contributed by atoms with Crippen molar-refractivity contribution in [1.82, 2.24) is 15.2 Å². The number of hydrogen-bond donors (Lipinski definition) is 2.